The highest BCUT2D eigenvalue weighted by molar-refractivity contribution is 9.10. The Labute approximate surface area is 110 Å². The number of aryl methyl sites for hydroxylation is 1. The van der Waals surface area contributed by atoms with Crippen LogP contribution in [0.1, 0.15) is 18.4 Å². The highest BCUT2D eigenvalue weighted by Crippen LogP contribution is 2.27. The minimum absolute atomic E-state index is 0.105. The molecule has 0 radical (unpaired) electrons. The van der Waals surface area contributed by atoms with Crippen molar-refractivity contribution in [1.29, 1.82) is 0 Å². The molecule has 2 N–H and O–H groups in total. The van der Waals surface area contributed by atoms with E-state index in [1.165, 1.54) is 0 Å². The first kappa shape index (κ1) is 12.8. The van der Waals surface area contributed by atoms with Gasteiger partial charge in [-0.1, -0.05) is 0 Å². The lowest BCUT2D eigenvalue weighted by atomic mass is 9.91. The second kappa shape index (κ2) is 5.33. The number of rotatable bonds is 3. The summed E-state index contributed by atoms with van der Waals surface area (Å²) in [7, 11) is 0. The van der Waals surface area contributed by atoms with E-state index in [9.17, 15) is 5.11 Å². The van der Waals surface area contributed by atoms with Crippen molar-refractivity contribution >= 4 is 21.7 Å². The highest BCUT2D eigenvalue weighted by Gasteiger charge is 2.32. The van der Waals surface area contributed by atoms with Crippen LogP contribution in [0.15, 0.2) is 16.7 Å². The lowest BCUT2D eigenvalue weighted by Crippen LogP contribution is -2.47. The molecule has 0 amide bonds. The molecule has 0 aliphatic carbocycles. The van der Waals surface area contributed by atoms with Crippen LogP contribution in [0.25, 0.3) is 0 Å². The molecule has 0 unspecified atom stereocenters. The molecule has 1 aliphatic rings. The Morgan fingerprint density at radius 2 is 2.24 bits per heavy atom. The van der Waals surface area contributed by atoms with Crippen LogP contribution >= 0.6 is 15.9 Å². The normalized spacial score (nSPS) is 19.0. The van der Waals surface area contributed by atoms with Crippen molar-refractivity contribution in [2.45, 2.75) is 25.3 Å². The van der Waals surface area contributed by atoms with E-state index in [2.05, 4.69) is 26.2 Å². The van der Waals surface area contributed by atoms with Crippen molar-refractivity contribution in [3.63, 3.8) is 0 Å². The van der Waals surface area contributed by atoms with Gasteiger partial charge in [-0.3, -0.25) is 0 Å². The van der Waals surface area contributed by atoms with E-state index in [1.807, 2.05) is 13.0 Å². The van der Waals surface area contributed by atoms with Gasteiger partial charge in [0.25, 0.3) is 0 Å². The molecule has 1 aromatic heterocycles. The monoisotopic (exact) mass is 300 g/mol. The first-order valence-electron chi connectivity index (χ1n) is 5.74. The maximum Gasteiger partial charge on any atom is 0.129 e. The van der Waals surface area contributed by atoms with Crippen molar-refractivity contribution in [3.8, 4) is 0 Å². The predicted octanol–water partition coefficient (Wildman–Crippen LogP) is 2.11. The number of ether oxygens (including phenoxy) is 1. The van der Waals surface area contributed by atoms with E-state index in [0.29, 0.717) is 13.2 Å². The summed E-state index contributed by atoms with van der Waals surface area (Å²) >= 11 is 3.39. The zero-order valence-corrected chi connectivity index (χ0v) is 11.5. The van der Waals surface area contributed by atoms with Crippen LogP contribution in [0.2, 0.25) is 0 Å². The Bertz CT molecular complexity index is 392. The molecule has 1 aromatic rings. The number of anilines is 1. The first-order valence-corrected chi connectivity index (χ1v) is 6.53. The molecule has 0 atom stereocenters. The van der Waals surface area contributed by atoms with Crippen molar-refractivity contribution in [3.05, 3.63) is 22.3 Å². The minimum atomic E-state index is -0.288. The Kier molecular flexibility index (Phi) is 4.01. The number of halogens is 1. The molecule has 2 rings (SSSR count). The van der Waals surface area contributed by atoms with E-state index in [0.717, 1.165) is 28.7 Å². The summed E-state index contributed by atoms with van der Waals surface area (Å²) in [4.78, 5) is 4.35. The van der Waals surface area contributed by atoms with E-state index in [1.54, 1.807) is 6.20 Å². The van der Waals surface area contributed by atoms with Crippen LogP contribution in [0.5, 0.6) is 0 Å². The Morgan fingerprint density at radius 1 is 1.53 bits per heavy atom. The fourth-order valence-corrected chi connectivity index (χ4v) is 2.45. The van der Waals surface area contributed by atoms with Crippen LogP contribution in [-0.2, 0) is 4.74 Å². The van der Waals surface area contributed by atoms with E-state index < -0.39 is 0 Å². The van der Waals surface area contributed by atoms with E-state index >= 15 is 0 Å². The average Bonchev–Trinajstić information content (AvgIpc) is 2.34. The van der Waals surface area contributed by atoms with Crippen LogP contribution in [0, 0.1) is 6.92 Å². The van der Waals surface area contributed by atoms with Crippen molar-refractivity contribution in [2.24, 2.45) is 0 Å². The molecular weight excluding hydrogens is 284 g/mol. The van der Waals surface area contributed by atoms with E-state index in [4.69, 9.17) is 4.74 Å². The molecule has 1 saturated heterocycles. The molecule has 2 heterocycles. The number of aliphatic hydroxyl groups is 1. The third kappa shape index (κ3) is 2.97. The molecule has 0 saturated carbocycles. The van der Waals surface area contributed by atoms with Crippen LogP contribution in [0.3, 0.4) is 0 Å². The predicted molar refractivity (Wildman–Crippen MR) is 70.2 cm³/mol. The van der Waals surface area contributed by atoms with Crippen LogP contribution in [-0.4, -0.2) is 35.5 Å². The third-order valence-corrected chi connectivity index (χ3v) is 3.61. The Hall–Kier alpha value is -0.650. The lowest BCUT2D eigenvalue weighted by molar-refractivity contribution is 0.0378. The van der Waals surface area contributed by atoms with Gasteiger partial charge in [-0.15, -0.1) is 0 Å². The standard InChI is InChI=1S/C12H17BrN2O2/c1-9-6-10(13)7-14-11(9)15-12(8-16)2-4-17-5-3-12/h6-7,16H,2-5,8H2,1H3,(H,14,15). The zero-order valence-electron chi connectivity index (χ0n) is 9.87. The molecule has 1 aliphatic heterocycles. The van der Waals surface area contributed by atoms with Gasteiger partial charge >= 0.3 is 0 Å². The summed E-state index contributed by atoms with van der Waals surface area (Å²) in [6.45, 7) is 3.48. The van der Waals surface area contributed by atoms with Gasteiger partial charge in [0.2, 0.25) is 0 Å². The smallest absolute Gasteiger partial charge is 0.129 e. The number of aliphatic hydroxyl groups excluding tert-OH is 1. The molecule has 1 fully saturated rings. The summed E-state index contributed by atoms with van der Waals surface area (Å²) in [6, 6.07) is 2.01. The fraction of sp³-hybridized carbons (Fsp3) is 0.583. The number of aromatic nitrogens is 1. The minimum Gasteiger partial charge on any atom is -0.394 e. The molecule has 4 nitrogen and oxygen atoms in total. The molecule has 5 heteroatoms. The topological polar surface area (TPSA) is 54.4 Å². The molecule has 0 aromatic carbocycles. The molecular formula is C12H17BrN2O2. The SMILES string of the molecule is Cc1cc(Br)cnc1NC1(CO)CCOCC1. The van der Waals surface area contributed by atoms with Gasteiger partial charge in [0, 0.05) is 23.9 Å². The van der Waals surface area contributed by atoms with Crippen LogP contribution in [0.4, 0.5) is 5.82 Å². The van der Waals surface area contributed by atoms with Gasteiger partial charge in [0.15, 0.2) is 0 Å². The Balaban J connectivity index is 2.17. The van der Waals surface area contributed by atoms with Gasteiger partial charge in [-0.25, -0.2) is 4.98 Å². The second-order valence-electron chi connectivity index (χ2n) is 4.49. The molecule has 0 bridgehead atoms. The second-order valence-corrected chi connectivity index (χ2v) is 5.41. The number of pyridine rings is 1. The number of hydrogen-bond donors (Lipinski definition) is 2. The van der Waals surface area contributed by atoms with Crippen molar-refractivity contribution in [2.75, 3.05) is 25.1 Å². The zero-order chi connectivity index (χ0) is 12.3. The quantitative estimate of drug-likeness (QED) is 0.898. The summed E-state index contributed by atoms with van der Waals surface area (Å²) in [5.74, 6) is 0.837. The maximum absolute atomic E-state index is 9.59. The third-order valence-electron chi connectivity index (χ3n) is 3.18. The van der Waals surface area contributed by atoms with Gasteiger partial charge in [-0.05, 0) is 47.3 Å². The molecule has 17 heavy (non-hydrogen) atoms. The fourth-order valence-electron chi connectivity index (χ4n) is 2.01. The van der Waals surface area contributed by atoms with Gasteiger partial charge in [0.1, 0.15) is 5.82 Å². The molecule has 0 spiro atoms. The maximum atomic E-state index is 9.59. The van der Waals surface area contributed by atoms with Crippen LogP contribution < -0.4 is 5.32 Å². The van der Waals surface area contributed by atoms with E-state index in [-0.39, 0.29) is 12.1 Å². The summed E-state index contributed by atoms with van der Waals surface area (Å²) in [5, 5.41) is 13.0. The lowest BCUT2D eigenvalue weighted by Gasteiger charge is -2.37. The van der Waals surface area contributed by atoms with Gasteiger partial charge in [-0.2, -0.15) is 0 Å². The molecule has 94 valence electrons. The van der Waals surface area contributed by atoms with Crippen molar-refractivity contribution in [1.82, 2.24) is 4.98 Å². The average molecular weight is 301 g/mol. The van der Waals surface area contributed by atoms with Crippen molar-refractivity contribution < 1.29 is 9.84 Å². The first-order chi connectivity index (χ1) is 8.15. The van der Waals surface area contributed by atoms with Gasteiger partial charge < -0.3 is 15.2 Å². The largest absolute Gasteiger partial charge is 0.394 e. The summed E-state index contributed by atoms with van der Waals surface area (Å²) in [5.41, 5.74) is 0.780. The number of nitrogens with one attached hydrogen (secondary N) is 1. The summed E-state index contributed by atoms with van der Waals surface area (Å²) < 4.78 is 6.30. The van der Waals surface area contributed by atoms with Gasteiger partial charge in [0.05, 0.1) is 12.1 Å². The summed E-state index contributed by atoms with van der Waals surface area (Å²) in [6.07, 6.45) is 3.38. The highest BCUT2D eigenvalue weighted by atomic mass is 79.9. The Morgan fingerprint density at radius 3 is 2.82 bits per heavy atom. The number of hydrogen-bond acceptors (Lipinski definition) is 4. The number of nitrogens with zero attached hydrogens (tertiary/aromatic N) is 1.